The van der Waals surface area contributed by atoms with Gasteiger partial charge in [0, 0.05) is 5.41 Å². The Balaban J connectivity index is 1.71. The Labute approximate surface area is 105 Å². The van der Waals surface area contributed by atoms with Crippen molar-refractivity contribution in [3.05, 3.63) is 42.7 Å². The molecule has 0 aromatic rings. The molecule has 0 aromatic heterocycles. The number of hydrogen-bond acceptors (Lipinski definition) is 0. The van der Waals surface area contributed by atoms with Crippen LogP contribution < -0.4 is 0 Å². The zero-order valence-corrected chi connectivity index (χ0v) is 10.8. The first-order chi connectivity index (χ1) is 8.26. The molecule has 5 unspecified atom stereocenters. The molecule has 2 saturated carbocycles. The van der Waals surface area contributed by atoms with E-state index in [1.54, 1.807) is 5.57 Å². The van der Waals surface area contributed by atoms with Gasteiger partial charge in [-0.05, 0) is 55.4 Å². The van der Waals surface area contributed by atoms with Crippen LogP contribution in [0.5, 0.6) is 0 Å². The summed E-state index contributed by atoms with van der Waals surface area (Å²) in [6, 6.07) is 0. The second-order valence-corrected chi connectivity index (χ2v) is 6.00. The van der Waals surface area contributed by atoms with Crippen LogP contribution in [0.4, 0.5) is 0 Å². The van der Waals surface area contributed by atoms with E-state index in [9.17, 15) is 0 Å². The van der Waals surface area contributed by atoms with Crippen molar-refractivity contribution in [2.24, 2.45) is 29.1 Å². The van der Waals surface area contributed by atoms with Crippen LogP contribution in [0.1, 0.15) is 32.6 Å². The minimum atomic E-state index is 0.437. The Morgan fingerprint density at radius 2 is 2.47 bits per heavy atom. The molecule has 3 aliphatic carbocycles. The van der Waals surface area contributed by atoms with Gasteiger partial charge in [-0.2, -0.15) is 0 Å². The third-order valence-corrected chi connectivity index (χ3v) is 5.35. The maximum atomic E-state index is 4.05. The highest BCUT2D eigenvalue weighted by molar-refractivity contribution is 5.49. The molecule has 3 aliphatic rings. The minimum Gasteiger partial charge on any atom is -0.133 e. The molecule has 2 fully saturated rings. The molecule has 0 radical (unpaired) electrons. The van der Waals surface area contributed by atoms with Crippen LogP contribution in [0.2, 0.25) is 0 Å². The number of rotatable bonds is 5. The first-order valence-electron chi connectivity index (χ1n) is 6.98. The van der Waals surface area contributed by atoms with Crippen LogP contribution in [-0.4, -0.2) is 0 Å². The predicted molar refractivity (Wildman–Crippen MR) is 72.5 cm³/mol. The molecule has 0 bridgehead atoms. The lowest BCUT2D eigenvalue weighted by Crippen LogP contribution is -2.14. The van der Waals surface area contributed by atoms with E-state index < -0.39 is 0 Å². The van der Waals surface area contributed by atoms with Gasteiger partial charge >= 0.3 is 0 Å². The molecular formula is C17H22. The monoisotopic (exact) mass is 226 g/mol. The summed E-state index contributed by atoms with van der Waals surface area (Å²) < 4.78 is 0. The first kappa shape index (κ1) is 11.1. The zero-order chi connectivity index (χ0) is 12.0. The van der Waals surface area contributed by atoms with Crippen molar-refractivity contribution in [2.45, 2.75) is 32.6 Å². The van der Waals surface area contributed by atoms with Gasteiger partial charge in [0.15, 0.2) is 0 Å². The maximum Gasteiger partial charge on any atom is 0.0167 e. The Hall–Kier alpha value is -1.00. The lowest BCUT2D eigenvalue weighted by atomic mass is 9.80. The van der Waals surface area contributed by atoms with Crippen molar-refractivity contribution in [1.82, 2.24) is 0 Å². The summed E-state index contributed by atoms with van der Waals surface area (Å²) >= 11 is 0. The van der Waals surface area contributed by atoms with Gasteiger partial charge in [0.05, 0.1) is 0 Å². The molecular weight excluding hydrogens is 204 g/mol. The van der Waals surface area contributed by atoms with E-state index in [2.05, 4.69) is 44.0 Å². The molecule has 90 valence electrons. The molecule has 0 N–H and O–H groups in total. The molecule has 0 heterocycles. The van der Waals surface area contributed by atoms with E-state index in [4.69, 9.17) is 0 Å². The van der Waals surface area contributed by atoms with Crippen LogP contribution in [0.15, 0.2) is 42.7 Å². The van der Waals surface area contributed by atoms with E-state index >= 15 is 0 Å². The summed E-state index contributed by atoms with van der Waals surface area (Å²) in [5, 5.41) is 0. The highest BCUT2D eigenvalue weighted by Gasteiger charge is 2.71. The Morgan fingerprint density at radius 1 is 1.65 bits per heavy atom. The summed E-state index contributed by atoms with van der Waals surface area (Å²) in [6.07, 6.45) is 12.2. The fourth-order valence-electron chi connectivity index (χ4n) is 4.44. The number of allylic oxidation sites excluding steroid dienone is 4. The molecule has 0 heteroatoms. The smallest absolute Gasteiger partial charge is 0.0167 e. The van der Waals surface area contributed by atoms with Crippen LogP contribution >= 0.6 is 0 Å². The molecule has 3 rings (SSSR count). The fourth-order valence-corrected chi connectivity index (χ4v) is 4.44. The molecule has 0 aliphatic heterocycles. The lowest BCUT2D eigenvalue weighted by molar-refractivity contribution is 0.315. The normalized spacial score (nSPS) is 42.4. The summed E-state index contributed by atoms with van der Waals surface area (Å²) in [7, 11) is 0. The third kappa shape index (κ3) is 1.37. The second-order valence-electron chi connectivity index (χ2n) is 6.00. The Kier molecular flexibility index (Phi) is 2.45. The molecule has 5 atom stereocenters. The highest BCUT2D eigenvalue weighted by atomic mass is 14.7. The highest BCUT2D eigenvalue weighted by Crippen LogP contribution is 2.78. The SMILES string of the molecule is C=C=CC(CC)CC1CCC2=CC3(C=C)C2C13. The summed E-state index contributed by atoms with van der Waals surface area (Å²) in [4.78, 5) is 0. The standard InChI is InChI=1S/C17H22/c1-4-7-12(5-2)10-13-8-9-14-11-17(6-3)15(13)16(14)17/h6-7,11-13,15-16H,1,3,5,8-10H2,2H3. The number of hydrogen-bond donors (Lipinski definition) is 0. The zero-order valence-electron chi connectivity index (χ0n) is 10.8. The first-order valence-corrected chi connectivity index (χ1v) is 6.98. The average Bonchev–Trinajstić information content (AvgIpc) is 2.93. The van der Waals surface area contributed by atoms with Crippen LogP contribution in [0, 0.1) is 29.1 Å². The van der Waals surface area contributed by atoms with E-state index in [-0.39, 0.29) is 0 Å². The van der Waals surface area contributed by atoms with E-state index in [1.165, 1.54) is 25.7 Å². The van der Waals surface area contributed by atoms with Crippen molar-refractivity contribution < 1.29 is 0 Å². The van der Waals surface area contributed by atoms with Crippen molar-refractivity contribution >= 4 is 0 Å². The predicted octanol–water partition coefficient (Wildman–Crippen LogP) is 4.51. The molecule has 17 heavy (non-hydrogen) atoms. The van der Waals surface area contributed by atoms with Gasteiger partial charge in [0.2, 0.25) is 0 Å². The van der Waals surface area contributed by atoms with Crippen molar-refractivity contribution in [2.75, 3.05) is 0 Å². The average molecular weight is 226 g/mol. The maximum absolute atomic E-state index is 4.05. The third-order valence-electron chi connectivity index (χ3n) is 5.35. The summed E-state index contributed by atoms with van der Waals surface area (Å²) in [6.45, 7) is 10.0. The van der Waals surface area contributed by atoms with Crippen LogP contribution in [-0.2, 0) is 0 Å². The molecule has 0 aromatic carbocycles. The van der Waals surface area contributed by atoms with Crippen LogP contribution in [0.25, 0.3) is 0 Å². The van der Waals surface area contributed by atoms with E-state index in [0.29, 0.717) is 11.3 Å². The van der Waals surface area contributed by atoms with Gasteiger partial charge in [-0.3, -0.25) is 0 Å². The summed E-state index contributed by atoms with van der Waals surface area (Å²) in [5.74, 6) is 3.37. The lowest BCUT2D eigenvalue weighted by Gasteiger charge is -2.25. The van der Waals surface area contributed by atoms with Gasteiger partial charge in [-0.25, -0.2) is 0 Å². The van der Waals surface area contributed by atoms with Crippen molar-refractivity contribution in [3.63, 3.8) is 0 Å². The molecule has 0 spiro atoms. The molecule has 0 amide bonds. The largest absolute Gasteiger partial charge is 0.133 e. The van der Waals surface area contributed by atoms with Crippen molar-refractivity contribution in [1.29, 1.82) is 0 Å². The van der Waals surface area contributed by atoms with Gasteiger partial charge in [0.1, 0.15) is 0 Å². The topological polar surface area (TPSA) is 0 Å². The summed E-state index contributed by atoms with van der Waals surface area (Å²) in [5.41, 5.74) is 5.15. The Morgan fingerprint density at radius 3 is 3.12 bits per heavy atom. The number of fused-ring (bicyclic) bond motifs is 1. The minimum absolute atomic E-state index is 0.437. The second kappa shape index (κ2) is 3.75. The van der Waals surface area contributed by atoms with E-state index in [1.807, 2.05) is 0 Å². The molecule has 0 saturated heterocycles. The van der Waals surface area contributed by atoms with Gasteiger partial charge in [-0.1, -0.05) is 31.2 Å². The quantitative estimate of drug-likeness (QED) is 0.478. The van der Waals surface area contributed by atoms with Crippen molar-refractivity contribution in [3.8, 4) is 0 Å². The van der Waals surface area contributed by atoms with Crippen LogP contribution in [0.3, 0.4) is 0 Å². The van der Waals surface area contributed by atoms with Gasteiger partial charge in [-0.15, -0.1) is 12.3 Å². The fraction of sp³-hybridized carbons (Fsp3) is 0.588. The molecule has 0 nitrogen and oxygen atoms in total. The Bertz CT molecular complexity index is 421. The van der Waals surface area contributed by atoms with E-state index in [0.717, 1.165) is 17.8 Å². The van der Waals surface area contributed by atoms with Gasteiger partial charge in [0.25, 0.3) is 0 Å². The van der Waals surface area contributed by atoms with Gasteiger partial charge < -0.3 is 0 Å².